The predicted molar refractivity (Wildman–Crippen MR) is 166 cm³/mol. The van der Waals surface area contributed by atoms with Crippen LogP contribution >= 0.6 is 11.3 Å². The summed E-state index contributed by atoms with van der Waals surface area (Å²) in [5, 5.41) is 2.73. The van der Waals surface area contributed by atoms with Crippen LogP contribution in [0.5, 0.6) is 0 Å². The van der Waals surface area contributed by atoms with E-state index in [1.165, 1.54) is 24.6 Å². The second-order valence-electron chi connectivity index (χ2n) is 11.1. The van der Waals surface area contributed by atoms with Crippen molar-refractivity contribution in [2.45, 2.75) is 46.6 Å². The van der Waals surface area contributed by atoms with Crippen molar-refractivity contribution < 1.29 is 27.2 Å². The van der Waals surface area contributed by atoms with E-state index in [1.807, 2.05) is 13.8 Å². The van der Waals surface area contributed by atoms with E-state index in [0.717, 1.165) is 29.0 Å². The molecular weight excluding hydrogens is 601 g/mol. The van der Waals surface area contributed by atoms with Crippen molar-refractivity contribution in [2.75, 3.05) is 0 Å². The molecule has 0 bridgehead atoms. The zero-order chi connectivity index (χ0) is 32.2. The summed E-state index contributed by atoms with van der Waals surface area (Å²) in [6.45, 7) is 5.79. The van der Waals surface area contributed by atoms with Crippen LogP contribution in [-0.4, -0.2) is 21.8 Å². The zero-order valence-corrected chi connectivity index (χ0v) is 25.7. The van der Waals surface area contributed by atoms with Gasteiger partial charge in [-0.05, 0) is 79.6 Å². The van der Waals surface area contributed by atoms with Gasteiger partial charge in [-0.25, -0.2) is 18.2 Å². The Morgan fingerprint density at radius 1 is 0.933 bits per heavy atom. The number of amides is 2. The smallest absolute Gasteiger partial charge is 0.261 e. The standard InChI is InChI=1S/C34H31F3N4O3S/c1-18(2)14-26-30(33(38)42)31(27-12-13-28(45-27)34(43)39-16-21-6-10-23(36)24(37)15-21)29(32-19(3)40-17-44-32)25(41-26)11-7-20-4-8-22(35)9-5-20/h4-6,8-10,12-13,15,17-18H,7,11,14,16H2,1-3H3,(H2,38,42)(H,39,43). The van der Waals surface area contributed by atoms with Gasteiger partial charge in [-0.1, -0.05) is 32.0 Å². The number of hydrogen-bond acceptors (Lipinski definition) is 6. The van der Waals surface area contributed by atoms with Crippen LogP contribution in [0.15, 0.2) is 65.4 Å². The average molecular weight is 633 g/mol. The normalized spacial score (nSPS) is 11.3. The average Bonchev–Trinajstić information content (AvgIpc) is 3.66. The molecule has 0 radical (unpaired) electrons. The van der Waals surface area contributed by atoms with E-state index < -0.39 is 23.4 Å². The number of thiophene rings is 1. The minimum Gasteiger partial charge on any atom is -0.443 e. The largest absolute Gasteiger partial charge is 0.443 e. The maximum Gasteiger partial charge on any atom is 0.261 e. The minimum absolute atomic E-state index is 0.0142. The summed E-state index contributed by atoms with van der Waals surface area (Å²) in [4.78, 5) is 36.5. The summed E-state index contributed by atoms with van der Waals surface area (Å²) >= 11 is 1.15. The van der Waals surface area contributed by atoms with E-state index in [9.17, 15) is 22.8 Å². The van der Waals surface area contributed by atoms with Crippen LogP contribution in [0, 0.1) is 30.3 Å². The molecule has 0 unspecified atom stereocenters. The summed E-state index contributed by atoms with van der Waals surface area (Å²) in [6, 6.07) is 13.0. The van der Waals surface area contributed by atoms with E-state index in [1.54, 1.807) is 31.2 Å². The maximum atomic E-state index is 13.7. The molecule has 2 amide bonds. The topological polar surface area (TPSA) is 111 Å². The number of pyridine rings is 1. The van der Waals surface area contributed by atoms with E-state index in [2.05, 4.69) is 10.3 Å². The van der Waals surface area contributed by atoms with Crippen molar-refractivity contribution in [2.24, 2.45) is 11.7 Å². The van der Waals surface area contributed by atoms with Gasteiger partial charge in [0.15, 0.2) is 23.8 Å². The number of carbonyl (C=O) groups is 2. The molecule has 11 heteroatoms. The van der Waals surface area contributed by atoms with E-state index in [0.29, 0.717) is 68.5 Å². The van der Waals surface area contributed by atoms with Gasteiger partial charge in [0.25, 0.3) is 11.8 Å². The molecule has 7 nitrogen and oxygen atoms in total. The van der Waals surface area contributed by atoms with E-state index in [4.69, 9.17) is 15.1 Å². The number of nitrogens with zero attached hydrogens (tertiary/aromatic N) is 2. The summed E-state index contributed by atoms with van der Waals surface area (Å²) in [6.07, 6.45) is 2.75. The highest BCUT2D eigenvalue weighted by Gasteiger charge is 2.29. The number of nitrogens with one attached hydrogen (secondary N) is 1. The third-order valence-electron chi connectivity index (χ3n) is 7.24. The number of hydrogen-bond donors (Lipinski definition) is 2. The molecule has 3 N–H and O–H groups in total. The third kappa shape index (κ3) is 7.15. The Morgan fingerprint density at radius 3 is 2.31 bits per heavy atom. The van der Waals surface area contributed by atoms with E-state index >= 15 is 0 Å². The number of halogens is 3. The van der Waals surface area contributed by atoms with Gasteiger partial charge in [0.1, 0.15) is 5.82 Å². The first-order valence-corrected chi connectivity index (χ1v) is 15.2. The highest BCUT2D eigenvalue weighted by atomic mass is 32.1. The lowest BCUT2D eigenvalue weighted by Gasteiger charge is -2.20. The zero-order valence-electron chi connectivity index (χ0n) is 24.9. The third-order valence-corrected chi connectivity index (χ3v) is 8.35. The Balaban J connectivity index is 1.61. The van der Waals surface area contributed by atoms with Crippen LogP contribution in [0.3, 0.4) is 0 Å². The Morgan fingerprint density at radius 2 is 1.67 bits per heavy atom. The minimum atomic E-state index is -1.00. The van der Waals surface area contributed by atoms with Crippen molar-refractivity contribution in [3.63, 3.8) is 0 Å². The molecule has 0 atom stereocenters. The molecule has 0 fully saturated rings. The summed E-state index contributed by atoms with van der Waals surface area (Å²) in [5.74, 6) is -2.84. The SMILES string of the molecule is Cc1ncoc1-c1c(CCc2ccc(F)cc2)nc(CC(C)C)c(C(N)=O)c1-c1ccc(C(=O)NCc2ccc(F)c(F)c2)s1. The van der Waals surface area contributed by atoms with Gasteiger partial charge in [0.2, 0.25) is 0 Å². The number of aromatic nitrogens is 2. The molecule has 0 saturated heterocycles. The van der Waals surface area contributed by atoms with Crippen molar-refractivity contribution in [3.05, 3.63) is 117 Å². The molecule has 45 heavy (non-hydrogen) atoms. The number of carbonyl (C=O) groups excluding carboxylic acids is 2. The van der Waals surface area contributed by atoms with Crippen LogP contribution in [-0.2, 0) is 25.8 Å². The van der Waals surface area contributed by atoms with Crippen LogP contribution in [0.4, 0.5) is 13.2 Å². The Hall–Kier alpha value is -4.77. The molecule has 3 aromatic heterocycles. The monoisotopic (exact) mass is 632 g/mol. The first-order chi connectivity index (χ1) is 21.5. The lowest BCUT2D eigenvalue weighted by Crippen LogP contribution is -2.21. The maximum absolute atomic E-state index is 13.7. The molecule has 0 spiro atoms. The highest BCUT2D eigenvalue weighted by Crippen LogP contribution is 2.43. The number of aryl methyl sites for hydroxylation is 3. The summed E-state index contributed by atoms with van der Waals surface area (Å²) in [5.41, 5.74) is 10.4. The molecule has 2 aromatic carbocycles. The van der Waals surface area contributed by atoms with Crippen molar-refractivity contribution in [3.8, 4) is 21.8 Å². The first-order valence-electron chi connectivity index (χ1n) is 14.3. The van der Waals surface area contributed by atoms with Crippen molar-refractivity contribution in [1.29, 1.82) is 0 Å². The molecule has 0 aliphatic heterocycles. The first kappa shape index (κ1) is 31.6. The van der Waals surface area contributed by atoms with Gasteiger partial charge in [-0.3, -0.25) is 14.6 Å². The number of oxazole rings is 1. The molecule has 5 aromatic rings. The molecule has 5 rings (SSSR count). The lowest BCUT2D eigenvalue weighted by molar-refractivity contribution is 0.0953. The fourth-order valence-corrected chi connectivity index (χ4v) is 6.11. The second-order valence-corrected chi connectivity index (χ2v) is 12.2. The van der Waals surface area contributed by atoms with Gasteiger partial charge in [0, 0.05) is 17.0 Å². The number of nitrogens with two attached hydrogens (primary N) is 1. The number of primary amides is 1. The lowest BCUT2D eigenvalue weighted by atomic mass is 9.90. The summed E-state index contributed by atoms with van der Waals surface area (Å²) in [7, 11) is 0. The molecule has 0 aliphatic carbocycles. The fourth-order valence-electron chi connectivity index (χ4n) is 5.13. The van der Waals surface area contributed by atoms with Crippen LogP contribution in [0.2, 0.25) is 0 Å². The molecule has 0 aliphatic rings. The van der Waals surface area contributed by atoms with Crippen LogP contribution < -0.4 is 11.1 Å². The van der Waals surface area contributed by atoms with Crippen molar-refractivity contribution in [1.82, 2.24) is 15.3 Å². The molecule has 3 heterocycles. The van der Waals surface area contributed by atoms with Gasteiger partial charge in [-0.15, -0.1) is 11.3 Å². The Bertz CT molecular complexity index is 1870. The molecular formula is C34H31F3N4O3S. The van der Waals surface area contributed by atoms with Gasteiger partial charge in [-0.2, -0.15) is 0 Å². The second kappa shape index (κ2) is 13.5. The van der Waals surface area contributed by atoms with Crippen molar-refractivity contribution >= 4 is 23.2 Å². The number of rotatable bonds is 11. The van der Waals surface area contributed by atoms with E-state index in [-0.39, 0.29) is 23.8 Å². The quantitative estimate of drug-likeness (QED) is 0.160. The summed E-state index contributed by atoms with van der Waals surface area (Å²) < 4.78 is 46.4. The Kier molecular flexibility index (Phi) is 9.48. The fraction of sp³-hybridized carbons (Fsp3) is 0.235. The molecule has 232 valence electrons. The van der Waals surface area contributed by atoms with Gasteiger partial charge < -0.3 is 15.5 Å². The van der Waals surface area contributed by atoms with Crippen LogP contribution in [0.25, 0.3) is 21.8 Å². The van der Waals surface area contributed by atoms with Gasteiger partial charge >= 0.3 is 0 Å². The highest BCUT2D eigenvalue weighted by molar-refractivity contribution is 7.17. The number of benzene rings is 2. The van der Waals surface area contributed by atoms with Gasteiger partial charge in [0.05, 0.1) is 33.1 Å². The molecule has 0 saturated carbocycles. The predicted octanol–water partition coefficient (Wildman–Crippen LogP) is 7.20. The Labute approximate surface area is 262 Å². The van der Waals surface area contributed by atoms with Crippen LogP contribution in [0.1, 0.15) is 62.1 Å².